The molecule has 0 spiro atoms. The predicted molar refractivity (Wildman–Crippen MR) is 45.0 cm³/mol. The Labute approximate surface area is 72.9 Å². The summed E-state index contributed by atoms with van der Waals surface area (Å²) in [5.41, 5.74) is 1.16. The van der Waals surface area contributed by atoms with Crippen LogP contribution in [-0.4, -0.2) is 11.7 Å². The largest absolute Gasteiger partial charge is 0.507 e. The van der Waals surface area contributed by atoms with Crippen LogP contribution >= 0.6 is 15.9 Å². The standard InChI is InChI=1S/C8H7BrO2/c9-6-3-5-1-2-11-8(5)4-7(6)10/h3-4,10H,1-2H2. The average Bonchev–Trinajstić information content (AvgIpc) is 2.36. The van der Waals surface area contributed by atoms with Crippen molar-refractivity contribution in [3.05, 3.63) is 22.2 Å². The normalized spacial score (nSPS) is 14.3. The lowest BCUT2D eigenvalue weighted by Gasteiger charge is -2.00. The second-order valence-electron chi connectivity index (χ2n) is 2.51. The minimum absolute atomic E-state index is 0.241. The van der Waals surface area contributed by atoms with Crippen LogP contribution in [0.4, 0.5) is 0 Å². The topological polar surface area (TPSA) is 29.5 Å². The van der Waals surface area contributed by atoms with Gasteiger partial charge in [-0.05, 0) is 27.6 Å². The van der Waals surface area contributed by atoms with Crippen molar-refractivity contribution < 1.29 is 9.84 Å². The molecule has 1 aliphatic heterocycles. The van der Waals surface area contributed by atoms with Gasteiger partial charge in [-0.3, -0.25) is 0 Å². The number of rotatable bonds is 0. The summed E-state index contributed by atoms with van der Waals surface area (Å²) >= 11 is 3.24. The monoisotopic (exact) mass is 214 g/mol. The van der Waals surface area contributed by atoms with Gasteiger partial charge in [-0.15, -0.1) is 0 Å². The molecular formula is C8H7BrO2. The molecule has 0 atom stereocenters. The molecule has 11 heavy (non-hydrogen) atoms. The Morgan fingerprint density at radius 3 is 3.09 bits per heavy atom. The highest BCUT2D eigenvalue weighted by Crippen LogP contribution is 2.34. The van der Waals surface area contributed by atoms with E-state index in [1.807, 2.05) is 6.07 Å². The van der Waals surface area contributed by atoms with Gasteiger partial charge in [0.15, 0.2) is 0 Å². The Morgan fingerprint density at radius 1 is 1.45 bits per heavy atom. The smallest absolute Gasteiger partial charge is 0.133 e. The van der Waals surface area contributed by atoms with Crippen LogP contribution < -0.4 is 4.74 Å². The Hall–Kier alpha value is -0.700. The minimum atomic E-state index is 0.241. The Bertz CT molecular complexity index is 267. The number of fused-ring (bicyclic) bond motifs is 1. The second kappa shape index (κ2) is 2.41. The van der Waals surface area contributed by atoms with Crippen molar-refractivity contribution in [2.75, 3.05) is 6.61 Å². The van der Waals surface area contributed by atoms with Gasteiger partial charge in [0.05, 0.1) is 11.1 Å². The number of phenols is 1. The summed E-state index contributed by atoms with van der Waals surface area (Å²) in [7, 11) is 0. The molecule has 1 aromatic rings. The van der Waals surface area contributed by atoms with Crippen LogP contribution in [0.2, 0.25) is 0 Å². The van der Waals surface area contributed by atoms with Crippen molar-refractivity contribution >= 4 is 15.9 Å². The third-order valence-electron chi connectivity index (χ3n) is 1.76. The molecule has 0 aromatic heterocycles. The van der Waals surface area contributed by atoms with Gasteiger partial charge in [0.25, 0.3) is 0 Å². The van der Waals surface area contributed by atoms with Crippen LogP contribution in [0.15, 0.2) is 16.6 Å². The number of aromatic hydroxyl groups is 1. The van der Waals surface area contributed by atoms with E-state index < -0.39 is 0 Å². The van der Waals surface area contributed by atoms with E-state index in [1.54, 1.807) is 6.07 Å². The summed E-state index contributed by atoms with van der Waals surface area (Å²) in [5.74, 6) is 1.05. The Kier molecular flexibility index (Phi) is 1.53. The summed E-state index contributed by atoms with van der Waals surface area (Å²) in [6.45, 7) is 0.727. The predicted octanol–water partition coefficient (Wildman–Crippen LogP) is 2.09. The first kappa shape index (κ1) is 6.98. The van der Waals surface area contributed by atoms with Crippen molar-refractivity contribution in [2.45, 2.75) is 6.42 Å². The van der Waals surface area contributed by atoms with Gasteiger partial charge in [0.2, 0.25) is 0 Å². The number of hydrogen-bond donors (Lipinski definition) is 1. The van der Waals surface area contributed by atoms with E-state index in [0.717, 1.165) is 28.8 Å². The molecule has 1 aliphatic rings. The van der Waals surface area contributed by atoms with Gasteiger partial charge < -0.3 is 9.84 Å². The fraction of sp³-hybridized carbons (Fsp3) is 0.250. The molecule has 0 saturated heterocycles. The zero-order valence-electron chi connectivity index (χ0n) is 5.80. The highest BCUT2D eigenvalue weighted by molar-refractivity contribution is 9.10. The van der Waals surface area contributed by atoms with E-state index in [4.69, 9.17) is 4.74 Å². The fourth-order valence-electron chi connectivity index (χ4n) is 1.18. The molecule has 2 rings (SSSR count). The molecule has 0 bridgehead atoms. The SMILES string of the molecule is Oc1cc2c(cc1Br)CCO2. The highest BCUT2D eigenvalue weighted by Gasteiger charge is 2.13. The lowest BCUT2D eigenvalue weighted by atomic mass is 10.2. The molecule has 0 unspecified atom stereocenters. The maximum absolute atomic E-state index is 9.26. The van der Waals surface area contributed by atoms with Crippen molar-refractivity contribution in [1.29, 1.82) is 0 Å². The molecule has 3 heteroatoms. The van der Waals surface area contributed by atoms with Crippen LogP contribution in [0, 0.1) is 0 Å². The molecule has 1 N–H and O–H groups in total. The van der Waals surface area contributed by atoms with E-state index in [1.165, 1.54) is 0 Å². The first-order valence-electron chi connectivity index (χ1n) is 3.41. The van der Waals surface area contributed by atoms with Crippen molar-refractivity contribution in [3.63, 3.8) is 0 Å². The van der Waals surface area contributed by atoms with Crippen LogP contribution in [-0.2, 0) is 6.42 Å². The van der Waals surface area contributed by atoms with Gasteiger partial charge in [-0.1, -0.05) is 0 Å². The molecule has 0 saturated carbocycles. The summed E-state index contributed by atoms with van der Waals surface area (Å²) in [6, 6.07) is 3.55. The Balaban J connectivity index is 2.57. The molecule has 0 fully saturated rings. The van der Waals surface area contributed by atoms with Crippen molar-refractivity contribution in [1.82, 2.24) is 0 Å². The molecule has 2 nitrogen and oxygen atoms in total. The summed E-state index contributed by atoms with van der Waals surface area (Å²) in [4.78, 5) is 0. The highest BCUT2D eigenvalue weighted by atomic mass is 79.9. The molecule has 0 amide bonds. The molecular weight excluding hydrogens is 208 g/mol. The van der Waals surface area contributed by atoms with E-state index >= 15 is 0 Å². The lowest BCUT2D eigenvalue weighted by molar-refractivity contribution is 0.354. The number of benzene rings is 1. The first-order chi connectivity index (χ1) is 5.27. The van der Waals surface area contributed by atoms with Crippen LogP contribution in [0.25, 0.3) is 0 Å². The third kappa shape index (κ3) is 1.09. The van der Waals surface area contributed by atoms with Gasteiger partial charge in [-0.2, -0.15) is 0 Å². The maximum Gasteiger partial charge on any atom is 0.133 e. The average molecular weight is 215 g/mol. The lowest BCUT2D eigenvalue weighted by Crippen LogP contribution is -1.85. The summed E-state index contributed by atoms with van der Waals surface area (Å²) < 4.78 is 5.99. The number of halogens is 1. The minimum Gasteiger partial charge on any atom is -0.507 e. The van der Waals surface area contributed by atoms with E-state index in [2.05, 4.69) is 15.9 Å². The molecule has 0 radical (unpaired) electrons. The maximum atomic E-state index is 9.26. The van der Waals surface area contributed by atoms with Crippen LogP contribution in [0.5, 0.6) is 11.5 Å². The zero-order chi connectivity index (χ0) is 7.84. The Morgan fingerprint density at radius 2 is 2.27 bits per heavy atom. The van der Waals surface area contributed by atoms with Crippen LogP contribution in [0.3, 0.4) is 0 Å². The fourth-order valence-corrected chi connectivity index (χ4v) is 1.58. The van der Waals surface area contributed by atoms with Gasteiger partial charge >= 0.3 is 0 Å². The molecule has 1 aromatic carbocycles. The summed E-state index contributed by atoms with van der Waals surface area (Å²) in [6.07, 6.45) is 0.939. The first-order valence-corrected chi connectivity index (χ1v) is 4.21. The van der Waals surface area contributed by atoms with Crippen molar-refractivity contribution in [3.8, 4) is 11.5 Å². The number of phenolic OH excluding ortho intramolecular Hbond substituents is 1. The van der Waals surface area contributed by atoms with Gasteiger partial charge in [0, 0.05) is 12.5 Å². The van der Waals surface area contributed by atoms with Gasteiger partial charge in [0.1, 0.15) is 11.5 Å². The summed E-state index contributed by atoms with van der Waals surface area (Å²) in [5, 5.41) is 9.26. The van der Waals surface area contributed by atoms with Crippen LogP contribution in [0.1, 0.15) is 5.56 Å². The third-order valence-corrected chi connectivity index (χ3v) is 2.39. The quantitative estimate of drug-likeness (QED) is 0.717. The molecule has 0 aliphatic carbocycles. The zero-order valence-corrected chi connectivity index (χ0v) is 7.39. The van der Waals surface area contributed by atoms with E-state index in [0.29, 0.717) is 0 Å². The molecule has 1 heterocycles. The number of hydrogen-bond acceptors (Lipinski definition) is 2. The molecule has 58 valence electrons. The van der Waals surface area contributed by atoms with Crippen molar-refractivity contribution in [2.24, 2.45) is 0 Å². The second-order valence-corrected chi connectivity index (χ2v) is 3.36. The van der Waals surface area contributed by atoms with Gasteiger partial charge in [-0.25, -0.2) is 0 Å². The number of ether oxygens (including phenoxy) is 1. The van der Waals surface area contributed by atoms with E-state index in [9.17, 15) is 5.11 Å². The van der Waals surface area contributed by atoms with E-state index in [-0.39, 0.29) is 5.75 Å².